The molecule has 0 aromatic carbocycles. The number of carbonyl (C=O) groups excluding carboxylic acids is 2. The Morgan fingerprint density at radius 2 is 1.94 bits per heavy atom. The molecule has 0 radical (unpaired) electrons. The molecule has 2 fully saturated rings. The smallest absolute Gasteiger partial charge is 0.408 e. The summed E-state index contributed by atoms with van der Waals surface area (Å²) < 4.78 is 11.4. The molecule has 3 aliphatic heterocycles. The van der Waals surface area contributed by atoms with Crippen LogP contribution in [0.5, 0.6) is 0 Å². The summed E-state index contributed by atoms with van der Waals surface area (Å²) in [7, 11) is 0. The zero-order valence-electron chi connectivity index (χ0n) is 19.4. The standard InChI is InChI=1S/C22H38N4O5/c1-16(23-21(28)31-22(2,3)4)20(27)26-12-8-9-17(13-26)19-24-29-15-18(30-19)14-25-10-6-5-7-11-25/h16-18H,5-15H2,1-4H3,(H,23,28)/t16-,17?,18?/m0/s1. The summed E-state index contributed by atoms with van der Waals surface area (Å²) in [6.07, 6.45) is 4.93. The predicted molar refractivity (Wildman–Crippen MR) is 117 cm³/mol. The fraction of sp³-hybridized carbons (Fsp3) is 0.864. The number of nitrogens with zero attached hydrogens (tertiary/aromatic N) is 3. The monoisotopic (exact) mass is 438 g/mol. The zero-order chi connectivity index (χ0) is 22.4. The molecule has 1 N–H and O–H groups in total. The molecule has 0 saturated carbocycles. The number of hydrogen-bond acceptors (Lipinski definition) is 7. The molecule has 3 aliphatic rings. The van der Waals surface area contributed by atoms with Gasteiger partial charge in [-0.2, -0.15) is 0 Å². The molecular weight excluding hydrogens is 400 g/mol. The van der Waals surface area contributed by atoms with Crippen LogP contribution in [0.1, 0.15) is 59.8 Å². The molecule has 31 heavy (non-hydrogen) atoms. The van der Waals surface area contributed by atoms with Gasteiger partial charge in [0.05, 0.1) is 5.92 Å². The summed E-state index contributed by atoms with van der Waals surface area (Å²) in [6.45, 7) is 11.8. The molecule has 2 unspecified atom stereocenters. The largest absolute Gasteiger partial charge is 0.470 e. The Kier molecular flexibility index (Phi) is 8.02. The number of rotatable bonds is 5. The molecule has 0 aliphatic carbocycles. The van der Waals surface area contributed by atoms with Crippen LogP contribution < -0.4 is 5.32 Å². The zero-order valence-corrected chi connectivity index (χ0v) is 19.4. The van der Waals surface area contributed by atoms with Crippen LogP contribution in [-0.4, -0.2) is 84.8 Å². The Bertz CT molecular complexity index is 657. The normalized spacial score (nSPS) is 26.2. The highest BCUT2D eigenvalue weighted by molar-refractivity contribution is 5.86. The maximum absolute atomic E-state index is 12.9. The molecular formula is C22H38N4O5. The highest BCUT2D eigenvalue weighted by atomic mass is 16.7. The van der Waals surface area contributed by atoms with E-state index in [2.05, 4.69) is 15.4 Å². The predicted octanol–water partition coefficient (Wildman–Crippen LogP) is 2.35. The van der Waals surface area contributed by atoms with Crippen LogP contribution in [0.3, 0.4) is 0 Å². The number of alkyl carbamates (subject to hydrolysis) is 1. The van der Waals surface area contributed by atoms with Crippen LogP contribution in [0.25, 0.3) is 0 Å². The number of nitrogens with one attached hydrogen (secondary N) is 1. The van der Waals surface area contributed by atoms with E-state index in [4.69, 9.17) is 14.3 Å². The molecule has 0 spiro atoms. The van der Waals surface area contributed by atoms with Gasteiger partial charge < -0.3 is 24.5 Å². The summed E-state index contributed by atoms with van der Waals surface area (Å²) >= 11 is 0. The van der Waals surface area contributed by atoms with Gasteiger partial charge in [-0.05, 0) is 66.5 Å². The molecule has 0 aromatic heterocycles. The minimum Gasteiger partial charge on any atom is -0.470 e. The second-order valence-electron chi connectivity index (χ2n) is 9.82. The number of carbonyl (C=O) groups is 2. The van der Waals surface area contributed by atoms with Crippen molar-refractivity contribution >= 4 is 17.9 Å². The Morgan fingerprint density at radius 1 is 1.19 bits per heavy atom. The van der Waals surface area contributed by atoms with Crippen molar-refractivity contribution in [3.8, 4) is 0 Å². The number of oxime groups is 1. The maximum Gasteiger partial charge on any atom is 0.408 e. The van der Waals surface area contributed by atoms with Gasteiger partial charge in [-0.1, -0.05) is 11.6 Å². The van der Waals surface area contributed by atoms with E-state index in [9.17, 15) is 9.59 Å². The first-order valence-corrected chi connectivity index (χ1v) is 11.6. The highest BCUT2D eigenvalue weighted by Gasteiger charge is 2.34. The molecule has 2 saturated heterocycles. The molecule has 3 rings (SSSR count). The lowest BCUT2D eigenvalue weighted by Crippen LogP contribution is -2.52. The molecule has 3 heterocycles. The number of likely N-dealkylation sites (tertiary alicyclic amines) is 2. The summed E-state index contributed by atoms with van der Waals surface area (Å²) in [6, 6.07) is -0.661. The van der Waals surface area contributed by atoms with Crippen molar-refractivity contribution in [1.29, 1.82) is 0 Å². The third-order valence-corrected chi connectivity index (χ3v) is 5.80. The summed E-state index contributed by atoms with van der Waals surface area (Å²) in [4.78, 5) is 34.6. The van der Waals surface area contributed by atoms with E-state index in [1.54, 1.807) is 32.6 Å². The lowest BCUT2D eigenvalue weighted by molar-refractivity contribution is -0.134. The lowest BCUT2D eigenvalue weighted by atomic mass is 9.97. The SMILES string of the molecule is C[C@H](NC(=O)OC(C)(C)C)C(=O)N1CCCC(C2=NOCC(CN3CCCCC3)O2)C1. The number of amides is 2. The first kappa shape index (κ1) is 23.6. The Labute approximate surface area is 185 Å². The second kappa shape index (κ2) is 10.5. The number of piperidine rings is 2. The van der Waals surface area contributed by atoms with Gasteiger partial charge in [-0.25, -0.2) is 4.79 Å². The third kappa shape index (κ3) is 7.26. The van der Waals surface area contributed by atoms with Crippen LogP contribution in [0.2, 0.25) is 0 Å². The molecule has 0 bridgehead atoms. The number of ether oxygens (including phenoxy) is 2. The van der Waals surface area contributed by atoms with Crippen molar-refractivity contribution in [2.45, 2.75) is 77.5 Å². The van der Waals surface area contributed by atoms with E-state index >= 15 is 0 Å². The van der Waals surface area contributed by atoms with E-state index in [1.807, 2.05) is 0 Å². The van der Waals surface area contributed by atoms with E-state index in [0.717, 1.165) is 32.5 Å². The molecule has 2 amide bonds. The average Bonchev–Trinajstić information content (AvgIpc) is 2.73. The lowest BCUT2D eigenvalue weighted by Gasteiger charge is -2.37. The van der Waals surface area contributed by atoms with Crippen LogP contribution in [-0.2, 0) is 19.1 Å². The molecule has 9 heteroatoms. The van der Waals surface area contributed by atoms with Crippen molar-refractivity contribution in [3.05, 3.63) is 0 Å². The minimum atomic E-state index is -0.661. The van der Waals surface area contributed by atoms with Gasteiger partial charge in [-0.15, -0.1) is 0 Å². The highest BCUT2D eigenvalue weighted by Crippen LogP contribution is 2.23. The van der Waals surface area contributed by atoms with Gasteiger partial charge in [0.15, 0.2) is 6.61 Å². The molecule has 176 valence electrons. The fourth-order valence-electron chi connectivity index (χ4n) is 4.30. The minimum absolute atomic E-state index is 0.00980. The molecule has 9 nitrogen and oxygen atoms in total. The quantitative estimate of drug-likeness (QED) is 0.708. The Balaban J connectivity index is 1.50. The average molecular weight is 439 g/mol. The maximum atomic E-state index is 12.9. The first-order chi connectivity index (χ1) is 14.7. The summed E-state index contributed by atoms with van der Waals surface area (Å²) in [5, 5.41) is 6.81. The van der Waals surface area contributed by atoms with E-state index in [-0.39, 0.29) is 17.9 Å². The van der Waals surface area contributed by atoms with Crippen molar-refractivity contribution < 1.29 is 23.9 Å². The van der Waals surface area contributed by atoms with Crippen LogP contribution in [0, 0.1) is 5.92 Å². The van der Waals surface area contributed by atoms with Gasteiger partial charge in [0.2, 0.25) is 11.8 Å². The Morgan fingerprint density at radius 3 is 2.65 bits per heavy atom. The van der Waals surface area contributed by atoms with Crippen molar-refractivity contribution in [2.75, 3.05) is 39.3 Å². The fourth-order valence-corrected chi connectivity index (χ4v) is 4.30. The summed E-state index contributed by atoms with van der Waals surface area (Å²) in [5.41, 5.74) is -0.607. The van der Waals surface area contributed by atoms with E-state index in [1.165, 1.54) is 19.3 Å². The van der Waals surface area contributed by atoms with Gasteiger partial charge in [0, 0.05) is 19.6 Å². The first-order valence-electron chi connectivity index (χ1n) is 11.6. The third-order valence-electron chi connectivity index (χ3n) is 5.80. The van der Waals surface area contributed by atoms with Crippen molar-refractivity contribution in [2.24, 2.45) is 11.1 Å². The van der Waals surface area contributed by atoms with Gasteiger partial charge in [-0.3, -0.25) is 9.69 Å². The van der Waals surface area contributed by atoms with Crippen LogP contribution >= 0.6 is 0 Å². The van der Waals surface area contributed by atoms with Crippen LogP contribution in [0.4, 0.5) is 4.79 Å². The molecule has 3 atom stereocenters. The van der Waals surface area contributed by atoms with E-state index in [0.29, 0.717) is 25.6 Å². The second-order valence-corrected chi connectivity index (χ2v) is 9.82. The topological polar surface area (TPSA) is 92.7 Å². The van der Waals surface area contributed by atoms with Gasteiger partial charge >= 0.3 is 6.09 Å². The van der Waals surface area contributed by atoms with E-state index < -0.39 is 17.7 Å². The van der Waals surface area contributed by atoms with Crippen LogP contribution in [0.15, 0.2) is 5.16 Å². The Hall–Kier alpha value is -2.03. The van der Waals surface area contributed by atoms with Crippen molar-refractivity contribution in [1.82, 2.24) is 15.1 Å². The molecule has 0 aromatic rings. The van der Waals surface area contributed by atoms with Gasteiger partial charge in [0.1, 0.15) is 17.7 Å². The summed E-state index contributed by atoms with van der Waals surface area (Å²) in [5.74, 6) is 0.479. The van der Waals surface area contributed by atoms with Crippen molar-refractivity contribution in [3.63, 3.8) is 0 Å². The number of hydrogen-bond donors (Lipinski definition) is 1. The van der Waals surface area contributed by atoms with Gasteiger partial charge in [0.25, 0.3) is 0 Å².